The summed E-state index contributed by atoms with van der Waals surface area (Å²) in [4.78, 5) is 16.7. The lowest BCUT2D eigenvalue weighted by atomic mass is 9.81. The molecule has 0 aliphatic carbocycles. The van der Waals surface area contributed by atoms with Crippen LogP contribution in [0.1, 0.15) is 39.5 Å². The summed E-state index contributed by atoms with van der Waals surface area (Å²) in [6, 6.07) is 0.619. The summed E-state index contributed by atoms with van der Waals surface area (Å²) in [6.45, 7) is 10.2. The number of rotatable bonds is 8. The van der Waals surface area contributed by atoms with Gasteiger partial charge in [-0.2, -0.15) is 0 Å². The van der Waals surface area contributed by atoms with Gasteiger partial charge >= 0.3 is 0 Å². The first-order valence-electron chi connectivity index (χ1n) is 9.36. The third-order valence-electron chi connectivity index (χ3n) is 5.48. The molecule has 2 aliphatic rings. The Morgan fingerprint density at radius 3 is 2.58 bits per heavy atom. The average Bonchev–Trinajstić information content (AvgIpc) is 2.60. The van der Waals surface area contributed by atoms with E-state index in [1.54, 1.807) is 7.11 Å². The van der Waals surface area contributed by atoms with Gasteiger partial charge in [-0.25, -0.2) is 0 Å². The van der Waals surface area contributed by atoms with E-state index in [0.29, 0.717) is 19.3 Å². The van der Waals surface area contributed by atoms with Crippen LogP contribution in [-0.4, -0.2) is 87.1 Å². The Bertz CT molecular complexity index is 379. The van der Waals surface area contributed by atoms with E-state index >= 15 is 0 Å². The number of carbonyl (C=O) groups excluding carboxylic acids is 1. The molecule has 140 valence electrons. The monoisotopic (exact) mass is 342 g/mol. The van der Waals surface area contributed by atoms with Crippen molar-refractivity contribution in [1.29, 1.82) is 0 Å². The van der Waals surface area contributed by atoms with Gasteiger partial charge < -0.3 is 24.0 Å². The van der Waals surface area contributed by atoms with Gasteiger partial charge in [-0.3, -0.25) is 4.79 Å². The summed E-state index contributed by atoms with van der Waals surface area (Å²) < 4.78 is 16.5. The number of ether oxygens (including phenoxy) is 3. The molecule has 6 nitrogen and oxygen atoms in total. The van der Waals surface area contributed by atoms with Crippen LogP contribution in [0.4, 0.5) is 0 Å². The van der Waals surface area contributed by atoms with Gasteiger partial charge in [-0.05, 0) is 38.8 Å². The number of amides is 1. The normalized spacial score (nSPS) is 23.8. The fourth-order valence-corrected chi connectivity index (χ4v) is 3.96. The molecule has 0 aromatic carbocycles. The fourth-order valence-electron chi connectivity index (χ4n) is 3.96. The maximum atomic E-state index is 12.2. The maximum absolute atomic E-state index is 12.2. The predicted octanol–water partition coefficient (Wildman–Crippen LogP) is 1.53. The summed E-state index contributed by atoms with van der Waals surface area (Å²) in [5.41, 5.74) is -0.0286. The molecule has 1 spiro atoms. The molecule has 2 rings (SSSR count). The molecule has 2 aliphatic heterocycles. The van der Waals surface area contributed by atoms with E-state index in [1.807, 2.05) is 4.90 Å². The Morgan fingerprint density at radius 2 is 1.96 bits per heavy atom. The van der Waals surface area contributed by atoms with E-state index in [-0.39, 0.29) is 18.1 Å². The van der Waals surface area contributed by atoms with Crippen molar-refractivity contribution >= 4 is 5.91 Å². The first-order chi connectivity index (χ1) is 11.6. The summed E-state index contributed by atoms with van der Waals surface area (Å²) in [7, 11) is 1.63. The van der Waals surface area contributed by atoms with Gasteiger partial charge in [-0.15, -0.1) is 0 Å². The number of hydrogen-bond donors (Lipinski definition) is 0. The van der Waals surface area contributed by atoms with Crippen LogP contribution in [0, 0.1) is 0 Å². The van der Waals surface area contributed by atoms with Crippen LogP contribution in [0.15, 0.2) is 0 Å². The second-order valence-electron chi connectivity index (χ2n) is 6.83. The molecule has 1 amide bonds. The van der Waals surface area contributed by atoms with Gasteiger partial charge in [0.25, 0.3) is 0 Å². The van der Waals surface area contributed by atoms with Crippen molar-refractivity contribution in [3.05, 3.63) is 0 Å². The van der Waals surface area contributed by atoms with E-state index in [2.05, 4.69) is 18.7 Å². The molecule has 24 heavy (non-hydrogen) atoms. The molecule has 0 aromatic rings. The molecule has 6 heteroatoms. The smallest absolute Gasteiger partial charge is 0.248 e. The van der Waals surface area contributed by atoms with Gasteiger partial charge in [0.1, 0.15) is 6.61 Å². The molecule has 2 heterocycles. The summed E-state index contributed by atoms with van der Waals surface area (Å²) in [5.74, 6) is 0.0806. The van der Waals surface area contributed by atoms with E-state index in [9.17, 15) is 4.79 Å². The first-order valence-corrected chi connectivity index (χ1v) is 9.36. The van der Waals surface area contributed by atoms with Crippen molar-refractivity contribution in [3.63, 3.8) is 0 Å². The van der Waals surface area contributed by atoms with Crippen LogP contribution in [0.25, 0.3) is 0 Å². The predicted molar refractivity (Wildman–Crippen MR) is 93.1 cm³/mol. The standard InChI is InChI=1S/C18H34N2O4/c1-4-19(5-2)16-6-11-24-18(14-16)7-9-20(10-8-18)17(21)15-23-13-12-22-3/h16H,4-15H2,1-3H3. The fraction of sp³-hybridized carbons (Fsp3) is 0.944. The van der Waals surface area contributed by atoms with Gasteiger partial charge in [0.05, 0.1) is 18.8 Å². The molecule has 2 saturated heterocycles. The first kappa shape index (κ1) is 19.6. The highest BCUT2D eigenvalue weighted by Gasteiger charge is 2.42. The number of piperidine rings is 1. The van der Waals surface area contributed by atoms with Gasteiger partial charge in [-0.1, -0.05) is 13.8 Å². The highest BCUT2D eigenvalue weighted by Crippen LogP contribution is 2.36. The zero-order valence-corrected chi connectivity index (χ0v) is 15.6. The topological polar surface area (TPSA) is 51.2 Å². The Morgan fingerprint density at radius 1 is 1.25 bits per heavy atom. The highest BCUT2D eigenvalue weighted by atomic mass is 16.5. The summed E-state index contributed by atoms with van der Waals surface area (Å²) in [5, 5.41) is 0. The van der Waals surface area contributed by atoms with Crippen molar-refractivity contribution in [3.8, 4) is 0 Å². The van der Waals surface area contributed by atoms with Gasteiger partial charge in [0.15, 0.2) is 0 Å². The van der Waals surface area contributed by atoms with Crippen molar-refractivity contribution in [1.82, 2.24) is 9.80 Å². The van der Waals surface area contributed by atoms with E-state index in [0.717, 1.165) is 58.5 Å². The molecule has 0 radical (unpaired) electrons. The number of hydrogen-bond acceptors (Lipinski definition) is 5. The van der Waals surface area contributed by atoms with Crippen LogP contribution >= 0.6 is 0 Å². The Balaban J connectivity index is 1.79. The molecule has 0 N–H and O–H groups in total. The SMILES string of the molecule is CCN(CC)C1CCOC2(CCN(C(=O)COCCOC)CC2)C1. The zero-order valence-electron chi connectivity index (χ0n) is 15.6. The third-order valence-corrected chi connectivity index (χ3v) is 5.48. The molecule has 1 atom stereocenters. The molecule has 2 fully saturated rings. The average molecular weight is 342 g/mol. The van der Waals surface area contributed by atoms with Crippen molar-refractivity contribution < 1.29 is 19.0 Å². The van der Waals surface area contributed by atoms with E-state index in [4.69, 9.17) is 14.2 Å². The maximum Gasteiger partial charge on any atom is 0.248 e. The van der Waals surface area contributed by atoms with Crippen molar-refractivity contribution in [2.24, 2.45) is 0 Å². The number of methoxy groups -OCH3 is 1. The Kier molecular flexibility index (Phi) is 7.94. The number of nitrogens with zero attached hydrogens (tertiary/aromatic N) is 2. The van der Waals surface area contributed by atoms with Crippen molar-refractivity contribution in [2.45, 2.75) is 51.2 Å². The van der Waals surface area contributed by atoms with E-state index < -0.39 is 0 Å². The van der Waals surface area contributed by atoms with Crippen LogP contribution in [0.5, 0.6) is 0 Å². The number of likely N-dealkylation sites (tertiary alicyclic amines) is 1. The van der Waals surface area contributed by atoms with E-state index in [1.165, 1.54) is 0 Å². The minimum atomic E-state index is -0.0286. The molecule has 1 unspecified atom stereocenters. The van der Waals surface area contributed by atoms with Crippen molar-refractivity contribution in [2.75, 3.05) is 59.7 Å². The lowest BCUT2D eigenvalue weighted by Gasteiger charge is -2.48. The lowest BCUT2D eigenvalue weighted by Crippen LogP contribution is -2.54. The van der Waals surface area contributed by atoms with Gasteiger partial charge in [0, 0.05) is 32.8 Å². The van der Waals surface area contributed by atoms with Crippen LogP contribution < -0.4 is 0 Å². The highest BCUT2D eigenvalue weighted by molar-refractivity contribution is 5.77. The second kappa shape index (κ2) is 9.70. The largest absolute Gasteiger partial charge is 0.382 e. The number of carbonyl (C=O) groups is 1. The minimum Gasteiger partial charge on any atom is -0.382 e. The Hall–Kier alpha value is -0.690. The quantitative estimate of drug-likeness (QED) is 0.626. The Labute approximate surface area is 146 Å². The molecule has 0 saturated carbocycles. The van der Waals surface area contributed by atoms with Crippen LogP contribution in [0.2, 0.25) is 0 Å². The lowest BCUT2D eigenvalue weighted by molar-refractivity contribution is -0.152. The minimum absolute atomic E-state index is 0.0286. The van der Waals surface area contributed by atoms with Crippen LogP contribution in [0.3, 0.4) is 0 Å². The molecule has 0 aromatic heterocycles. The summed E-state index contributed by atoms with van der Waals surface area (Å²) in [6.07, 6.45) is 4.10. The third kappa shape index (κ3) is 5.15. The molecular weight excluding hydrogens is 308 g/mol. The molecular formula is C18H34N2O4. The van der Waals surface area contributed by atoms with Crippen LogP contribution in [-0.2, 0) is 19.0 Å². The van der Waals surface area contributed by atoms with Gasteiger partial charge in [0.2, 0.25) is 5.91 Å². The second-order valence-corrected chi connectivity index (χ2v) is 6.83. The zero-order chi connectivity index (χ0) is 17.4. The molecule has 0 bridgehead atoms. The summed E-state index contributed by atoms with van der Waals surface area (Å²) >= 11 is 0.